The maximum absolute atomic E-state index is 12.8. The van der Waals surface area contributed by atoms with Crippen LogP contribution in [-0.4, -0.2) is 38.3 Å². The van der Waals surface area contributed by atoms with Gasteiger partial charge in [-0.15, -0.1) is 0 Å². The minimum Gasteiger partial charge on any atom is -0.493 e. The van der Waals surface area contributed by atoms with E-state index in [4.69, 9.17) is 4.74 Å². The summed E-state index contributed by atoms with van der Waals surface area (Å²) < 4.78 is 32.6. The van der Waals surface area contributed by atoms with E-state index in [1.165, 1.54) is 10.4 Å². The highest BCUT2D eigenvalue weighted by Crippen LogP contribution is 2.23. The van der Waals surface area contributed by atoms with Gasteiger partial charge in [-0.05, 0) is 43.7 Å². The van der Waals surface area contributed by atoms with E-state index < -0.39 is 10.0 Å². The van der Waals surface area contributed by atoms with Crippen LogP contribution < -0.4 is 10.1 Å². The first-order chi connectivity index (χ1) is 13.3. The van der Waals surface area contributed by atoms with E-state index in [1.807, 2.05) is 31.2 Å². The maximum atomic E-state index is 12.8. The molecule has 0 unspecified atom stereocenters. The number of nitrogens with zero attached hydrogens (tertiary/aromatic N) is 1. The predicted octanol–water partition coefficient (Wildman–Crippen LogP) is 3.74. The standard InChI is InChI=1S/C21H28N2O4S/c1-5-23(6-2)28(25,26)20-15-18(10-9-17(20)4)22-21(24)13-14-27-19-11-7-16(3)8-12-19/h7-12,15H,5-6,13-14H2,1-4H3,(H,22,24). The number of hydrogen-bond acceptors (Lipinski definition) is 4. The summed E-state index contributed by atoms with van der Waals surface area (Å²) in [5.41, 5.74) is 2.24. The molecule has 0 aromatic heterocycles. The van der Waals surface area contributed by atoms with Crippen molar-refractivity contribution in [3.63, 3.8) is 0 Å². The lowest BCUT2D eigenvalue weighted by Crippen LogP contribution is -2.31. The maximum Gasteiger partial charge on any atom is 0.243 e. The van der Waals surface area contributed by atoms with Gasteiger partial charge in [0.1, 0.15) is 5.75 Å². The molecule has 7 heteroatoms. The highest BCUT2D eigenvalue weighted by molar-refractivity contribution is 7.89. The number of carbonyl (C=O) groups is 1. The molecule has 1 N–H and O–H groups in total. The van der Waals surface area contributed by atoms with Gasteiger partial charge in [0.25, 0.3) is 0 Å². The van der Waals surface area contributed by atoms with Crippen molar-refractivity contribution in [3.05, 3.63) is 53.6 Å². The third kappa shape index (κ3) is 5.56. The molecule has 6 nitrogen and oxygen atoms in total. The number of ether oxygens (including phenoxy) is 1. The molecule has 0 saturated carbocycles. The van der Waals surface area contributed by atoms with Crippen LogP contribution in [0, 0.1) is 13.8 Å². The fourth-order valence-corrected chi connectivity index (χ4v) is 4.49. The van der Waals surface area contributed by atoms with Crippen LogP contribution in [0.4, 0.5) is 5.69 Å². The Labute approximate surface area is 167 Å². The topological polar surface area (TPSA) is 75.7 Å². The Balaban J connectivity index is 2.02. The lowest BCUT2D eigenvalue weighted by Gasteiger charge is -2.20. The van der Waals surface area contributed by atoms with E-state index in [1.54, 1.807) is 32.9 Å². The molecule has 0 radical (unpaired) electrons. The summed E-state index contributed by atoms with van der Waals surface area (Å²) in [4.78, 5) is 12.4. The molecule has 0 heterocycles. The third-order valence-electron chi connectivity index (χ3n) is 4.41. The average Bonchev–Trinajstić information content (AvgIpc) is 2.65. The second-order valence-corrected chi connectivity index (χ2v) is 8.44. The Morgan fingerprint density at radius 3 is 2.29 bits per heavy atom. The average molecular weight is 405 g/mol. The van der Waals surface area contributed by atoms with Crippen molar-refractivity contribution in [2.24, 2.45) is 0 Å². The van der Waals surface area contributed by atoms with Crippen molar-refractivity contribution in [1.82, 2.24) is 4.31 Å². The van der Waals surface area contributed by atoms with Crippen LogP contribution in [-0.2, 0) is 14.8 Å². The number of sulfonamides is 1. The van der Waals surface area contributed by atoms with Gasteiger partial charge in [0.2, 0.25) is 15.9 Å². The molecule has 152 valence electrons. The van der Waals surface area contributed by atoms with Gasteiger partial charge in [-0.2, -0.15) is 4.31 Å². The third-order valence-corrected chi connectivity index (χ3v) is 6.61. The van der Waals surface area contributed by atoms with Crippen molar-refractivity contribution in [2.75, 3.05) is 25.0 Å². The zero-order valence-electron chi connectivity index (χ0n) is 16.9. The molecular formula is C21H28N2O4S. The van der Waals surface area contributed by atoms with Gasteiger partial charge in [-0.3, -0.25) is 4.79 Å². The summed E-state index contributed by atoms with van der Waals surface area (Å²) in [6.45, 7) is 8.37. The minimum absolute atomic E-state index is 0.167. The van der Waals surface area contributed by atoms with Gasteiger partial charge in [0, 0.05) is 18.8 Å². The quantitative estimate of drug-likeness (QED) is 0.691. The van der Waals surface area contributed by atoms with E-state index in [0.29, 0.717) is 30.1 Å². The van der Waals surface area contributed by atoms with E-state index >= 15 is 0 Å². The molecule has 2 aromatic rings. The van der Waals surface area contributed by atoms with Gasteiger partial charge in [-0.25, -0.2) is 8.42 Å². The molecule has 0 aliphatic rings. The highest BCUT2D eigenvalue weighted by Gasteiger charge is 2.24. The van der Waals surface area contributed by atoms with Crippen LogP contribution in [0.2, 0.25) is 0 Å². The molecule has 28 heavy (non-hydrogen) atoms. The Hall–Kier alpha value is -2.38. The van der Waals surface area contributed by atoms with Crippen molar-refractivity contribution in [3.8, 4) is 5.75 Å². The summed E-state index contributed by atoms with van der Waals surface area (Å²) in [6, 6.07) is 12.5. The van der Waals surface area contributed by atoms with E-state index in [-0.39, 0.29) is 23.8 Å². The molecular weight excluding hydrogens is 376 g/mol. The number of anilines is 1. The van der Waals surface area contributed by atoms with Crippen LogP contribution in [0.5, 0.6) is 5.75 Å². The highest BCUT2D eigenvalue weighted by atomic mass is 32.2. The van der Waals surface area contributed by atoms with Crippen LogP contribution in [0.25, 0.3) is 0 Å². The van der Waals surface area contributed by atoms with E-state index in [2.05, 4.69) is 5.32 Å². The van der Waals surface area contributed by atoms with Crippen molar-refractivity contribution in [1.29, 1.82) is 0 Å². The van der Waals surface area contributed by atoms with Crippen molar-refractivity contribution in [2.45, 2.75) is 39.0 Å². The van der Waals surface area contributed by atoms with Gasteiger partial charge in [-0.1, -0.05) is 37.6 Å². The number of aryl methyl sites for hydroxylation is 2. The molecule has 1 amide bonds. The molecule has 0 saturated heterocycles. The molecule has 0 aliphatic heterocycles. The lowest BCUT2D eigenvalue weighted by atomic mass is 10.2. The lowest BCUT2D eigenvalue weighted by molar-refractivity contribution is -0.116. The first-order valence-electron chi connectivity index (χ1n) is 9.38. The van der Waals surface area contributed by atoms with Crippen LogP contribution in [0.3, 0.4) is 0 Å². The summed E-state index contributed by atoms with van der Waals surface area (Å²) in [7, 11) is -3.59. The number of rotatable bonds is 9. The van der Waals surface area contributed by atoms with Crippen molar-refractivity contribution >= 4 is 21.6 Å². The van der Waals surface area contributed by atoms with Gasteiger partial charge < -0.3 is 10.1 Å². The largest absolute Gasteiger partial charge is 0.493 e. The molecule has 0 aliphatic carbocycles. The fraction of sp³-hybridized carbons (Fsp3) is 0.381. The monoisotopic (exact) mass is 404 g/mol. The first kappa shape index (κ1) is 21.9. The first-order valence-corrected chi connectivity index (χ1v) is 10.8. The number of hydrogen-bond donors (Lipinski definition) is 1. The number of nitrogens with one attached hydrogen (secondary N) is 1. The SMILES string of the molecule is CCN(CC)S(=O)(=O)c1cc(NC(=O)CCOc2ccc(C)cc2)ccc1C. The van der Waals surface area contributed by atoms with Gasteiger partial charge >= 0.3 is 0 Å². The zero-order valence-corrected chi connectivity index (χ0v) is 17.7. The fourth-order valence-electron chi connectivity index (χ4n) is 2.78. The predicted molar refractivity (Wildman–Crippen MR) is 111 cm³/mol. The van der Waals surface area contributed by atoms with Gasteiger partial charge in [0.15, 0.2) is 0 Å². The minimum atomic E-state index is -3.59. The summed E-state index contributed by atoms with van der Waals surface area (Å²) in [5, 5.41) is 2.75. The van der Waals surface area contributed by atoms with E-state index in [0.717, 1.165) is 5.56 Å². The Morgan fingerprint density at radius 1 is 1.04 bits per heavy atom. The Morgan fingerprint density at radius 2 is 1.68 bits per heavy atom. The second-order valence-electron chi connectivity index (χ2n) is 6.53. The van der Waals surface area contributed by atoms with Crippen LogP contribution in [0.1, 0.15) is 31.4 Å². The normalized spacial score (nSPS) is 11.5. The molecule has 0 atom stereocenters. The van der Waals surface area contributed by atoms with Crippen molar-refractivity contribution < 1.29 is 17.9 Å². The molecule has 0 bridgehead atoms. The van der Waals surface area contributed by atoms with Crippen LogP contribution in [0.15, 0.2) is 47.4 Å². The summed E-state index contributed by atoms with van der Waals surface area (Å²) in [6.07, 6.45) is 0.167. The molecule has 0 fully saturated rings. The molecule has 2 aromatic carbocycles. The van der Waals surface area contributed by atoms with Crippen LogP contribution >= 0.6 is 0 Å². The van der Waals surface area contributed by atoms with E-state index in [9.17, 15) is 13.2 Å². The second kappa shape index (κ2) is 9.71. The number of amides is 1. The smallest absolute Gasteiger partial charge is 0.243 e. The number of benzene rings is 2. The Kier molecular flexibility index (Phi) is 7.60. The summed E-state index contributed by atoms with van der Waals surface area (Å²) >= 11 is 0. The molecule has 0 spiro atoms. The molecule has 2 rings (SSSR count). The number of carbonyl (C=O) groups excluding carboxylic acids is 1. The zero-order chi connectivity index (χ0) is 20.7. The Bertz CT molecular complexity index is 905. The van der Waals surface area contributed by atoms with Gasteiger partial charge in [0.05, 0.1) is 17.9 Å². The summed E-state index contributed by atoms with van der Waals surface area (Å²) in [5.74, 6) is 0.475.